The first-order valence-electron chi connectivity index (χ1n) is 3.69. The number of carboxylic acids is 1. The van der Waals surface area contributed by atoms with E-state index in [-0.39, 0.29) is 5.76 Å². The fourth-order valence-corrected chi connectivity index (χ4v) is 1.47. The number of hydrogen-bond acceptors (Lipinski definition) is 2. The molecule has 0 amide bonds. The van der Waals surface area contributed by atoms with Crippen molar-refractivity contribution in [3.63, 3.8) is 0 Å². The van der Waals surface area contributed by atoms with Gasteiger partial charge in [-0.05, 0) is 34.5 Å². The molecule has 6 heteroatoms. The smallest absolute Gasteiger partial charge is 0.375 e. The predicted octanol–water partition coefficient (Wildman–Crippen LogP) is 2.61. The second-order valence-electron chi connectivity index (χ2n) is 2.84. The molecular weight excluding hydrogens is 262 g/mol. The zero-order valence-corrected chi connectivity index (χ0v) is 8.77. The third kappa shape index (κ3) is 2.31. The number of furan rings is 1. The van der Waals surface area contributed by atoms with Crippen LogP contribution < -0.4 is 0 Å². The van der Waals surface area contributed by atoms with Gasteiger partial charge in [-0.2, -0.15) is 8.78 Å². The van der Waals surface area contributed by atoms with Crippen molar-refractivity contribution in [2.75, 3.05) is 0 Å². The summed E-state index contributed by atoms with van der Waals surface area (Å²) in [7, 11) is 0. The summed E-state index contributed by atoms with van der Waals surface area (Å²) in [5.41, 5.74) is 0.498. The minimum Gasteiger partial charge on any atom is -0.477 e. The van der Waals surface area contributed by atoms with Gasteiger partial charge in [0.15, 0.2) is 4.67 Å². The van der Waals surface area contributed by atoms with Crippen molar-refractivity contribution >= 4 is 21.9 Å². The zero-order valence-electron chi connectivity index (χ0n) is 7.18. The molecule has 14 heavy (non-hydrogen) atoms. The molecule has 0 saturated heterocycles. The minimum atomic E-state index is -3.79. The lowest BCUT2D eigenvalue weighted by Gasteiger charge is -2.08. The summed E-state index contributed by atoms with van der Waals surface area (Å²) in [6.45, 7) is 1.57. The van der Waals surface area contributed by atoms with E-state index in [0.29, 0.717) is 10.2 Å². The van der Waals surface area contributed by atoms with Gasteiger partial charge in [0.2, 0.25) is 0 Å². The van der Waals surface area contributed by atoms with Crippen molar-refractivity contribution in [2.45, 2.75) is 19.3 Å². The zero-order chi connectivity index (χ0) is 10.9. The Morgan fingerprint density at radius 3 is 2.64 bits per heavy atom. The molecule has 1 N–H and O–H groups in total. The molecule has 1 rings (SSSR count). The quantitative estimate of drug-likeness (QED) is 0.917. The van der Waals surface area contributed by atoms with Gasteiger partial charge in [0.05, 0.1) is 6.42 Å². The molecule has 0 aromatic carbocycles. The minimum absolute atomic E-state index is 0.0238. The van der Waals surface area contributed by atoms with E-state index in [2.05, 4.69) is 15.9 Å². The second kappa shape index (κ2) is 3.68. The average Bonchev–Trinajstić information content (AvgIpc) is 2.29. The molecule has 0 unspecified atom stereocenters. The molecule has 0 fully saturated rings. The van der Waals surface area contributed by atoms with Crippen molar-refractivity contribution in [2.24, 2.45) is 0 Å². The van der Waals surface area contributed by atoms with Gasteiger partial charge in [-0.25, -0.2) is 4.79 Å². The third-order valence-corrected chi connectivity index (χ3v) is 2.08. The summed E-state index contributed by atoms with van der Waals surface area (Å²) >= 11 is 2.97. The maximum absolute atomic E-state index is 12.7. The summed E-state index contributed by atoms with van der Waals surface area (Å²) in [6, 6.07) is 1.51. The highest BCUT2D eigenvalue weighted by molar-refractivity contribution is 9.10. The second-order valence-corrected chi connectivity index (χ2v) is 3.62. The van der Waals surface area contributed by atoms with Crippen LogP contribution in [0.2, 0.25) is 0 Å². The number of halogens is 3. The largest absolute Gasteiger partial charge is 0.477 e. The number of alkyl halides is 2. The van der Waals surface area contributed by atoms with Crippen LogP contribution in [0.15, 0.2) is 15.2 Å². The summed E-state index contributed by atoms with van der Waals surface area (Å²) in [6.07, 6.45) is -0.931. The number of aryl methyl sites for hydroxylation is 1. The summed E-state index contributed by atoms with van der Waals surface area (Å²) in [5.74, 6) is -5.96. The molecule has 1 aromatic heterocycles. The SMILES string of the molecule is Cc1cc(Br)oc1CC(F)(F)C(=O)O. The summed E-state index contributed by atoms with van der Waals surface area (Å²) in [5, 5.41) is 8.20. The Balaban J connectivity index is 2.88. The van der Waals surface area contributed by atoms with Crippen LogP contribution in [-0.2, 0) is 11.2 Å². The van der Waals surface area contributed by atoms with Crippen LogP contribution >= 0.6 is 15.9 Å². The van der Waals surface area contributed by atoms with Gasteiger partial charge in [-0.3, -0.25) is 0 Å². The lowest BCUT2D eigenvalue weighted by molar-refractivity contribution is -0.165. The molecule has 0 aliphatic rings. The number of carbonyl (C=O) groups is 1. The molecule has 0 saturated carbocycles. The Kier molecular flexibility index (Phi) is 2.94. The maximum atomic E-state index is 12.7. The van der Waals surface area contributed by atoms with Gasteiger partial charge in [-0.15, -0.1) is 0 Å². The van der Waals surface area contributed by atoms with Crippen LogP contribution in [-0.4, -0.2) is 17.0 Å². The van der Waals surface area contributed by atoms with Crippen molar-refractivity contribution in [1.29, 1.82) is 0 Å². The standard InChI is InChI=1S/C8H7BrF2O3/c1-4-2-6(9)14-5(4)3-8(10,11)7(12)13/h2H,3H2,1H3,(H,12,13). The molecule has 78 valence electrons. The van der Waals surface area contributed by atoms with Crippen LogP contribution in [0, 0.1) is 6.92 Å². The van der Waals surface area contributed by atoms with Gasteiger partial charge in [0, 0.05) is 0 Å². The first-order valence-corrected chi connectivity index (χ1v) is 4.48. The Bertz CT molecular complexity index is 359. The van der Waals surface area contributed by atoms with Crippen LogP contribution in [0.5, 0.6) is 0 Å². The van der Waals surface area contributed by atoms with E-state index in [4.69, 9.17) is 9.52 Å². The average molecular weight is 269 g/mol. The monoisotopic (exact) mass is 268 g/mol. The van der Waals surface area contributed by atoms with Crippen LogP contribution in [0.4, 0.5) is 8.78 Å². The van der Waals surface area contributed by atoms with E-state index in [0.717, 1.165) is 0 Å². The Labute approximate surface area is 86.8 Å². The molecule has 0 spiro atoms. The van der Waals surface area contributed by atoms with Gasteiger partial charge < -0.3 is 9.52 Å². The van der Waals surface area contributed by atoms with Gasteiger partial charge in [0.1, 0.15) is 5.76 Å². The highest BCUT2D eigenvalue weighted by atomic mass is 79.9. The van der Waals surface area contributed by atoms with E-state index < -0.39 is 18.3 Å². The highest BCUT2D eigenvalue weighted by Crippen LogP contribution is 2.26. The van der Waals surface area contributed by atoms with E-state index in [1.165, 1.54) is 6.07 Å². The third-order valence-electron chi connectivity index (χ3n) is 1.69. The van der Waals surface area contributed by atoms with Crippen LogP contribution in [0.1, 0.15) is 11.3 Å². The van der Waals surface area contributed by atoms with Crippen LogP contribution in [0.3, 0.4) is 0 Å². The first-order chi connectivity index (χ1) is 6.33. The first kappa shape index (κ1) is 11.2. The number of aliphatic carboxylic acids is 1. The number of carboxylic acid groups (broad SMARTS) is 1. The molecule has 3 nitrogen and oxygen atoms in total. The van der Waals surface area contributed by atoms with Crippen molar-refractivity contribution in [3.05, 3.63) is 22.1 Å². The van der Waals surface area contributed by atoms with E-state index >= 15 is 0 Å². The van der Waals surface area contributed by atoms with E-state index in [1.807, 2.05) is 0 Å². The maximum Gasteiger partial charge on any atom is 0.375 e. The number of hydrogen-bond donors (Lipinski definition) is 1. The van der Waals surface area contributed by atoms with Crippen molar-refractivity contribution in [1.82, 2.24) is 0 Å². The predicted molar refractivity (Wildman–Crippen MR) is 47.4 cm³/mol. The summed E-state index contributed by atoms with van der Waals surface area (Å²) in [4.78, 5) is 10.1. The summed E-state index contributed by atoms with van der Waals surface area (Å²) < 4.78 is 30.7. The van der Waals surface area contributed by atoms with Gasteiger partial charge in [0.25, 0.3) is 0 Å². The molecule has 0 bridgehead atoms. The lowest BCUT2D eigenvalue weighted by Crippen LogP contribution is -2.30. The molecule has 0 aliphatic carbocycles. The molecule has 0 aliphatic heterocycles. The molecule has 0 radical (unpaired) electrons. The molecule has 0 atom stereocenters. The molecule has 1 heterocycles. The van der Waals surface area contributed by atoms with Crippen molar-refractivity contribution in [3.8, 4) is 0 Å². The molecular formula is C8H7BrF2O3. The number of rotatable bonds is 3. The topological polar surface area (TPSA) is 50.4 Å². The Morgan fingerprint density at radius 2 is 2.29 bits per heavy atom. The highest BCUT2D eigenvalue weighted by Gasteiger charge is 2.40. The Morgan fingerprint density at radius 1 is 1.71 bits per heavy atom. The van der Waals surface area contributed by atoms with Crippen molar-refractivity contribution < 1.29 is 23.1 Å². The van der Waals surface area contributed by atoms with Gasteiger partial charge >= 0.3 is 11.9 Å². The lowest BCUT2D eigenvalue weighted by atomic mass is 10.1. The normalized spacial score (nSPS) is 11.7. The fourth-order valence-electron chi connectivity index (χ4n) is 0.931. The fraction of sp³-hybridized carbons (Fsp3) is 0.375. The van der Waals surface area contributed by atoms with E-state index in [9.17, 15) is 13.6 Å². The van der Waals surface area contributed by atoms with Crippen LogP contribution in [0.25, 0.3) is 0 Å². The van der Waals surface area contributed by atoms with E-state index in [1.54, 1.807) is 6.92 Å². The van der Waals surface area contributed by atoms with Gasteiger partial charge in [-0.1, -0.05) is 0 Å². The molecule has 1 aromatic rings. The Hall–Kier alpha value is -0.910.